The van der Waals surface area contributed by atoms with E-state index >= 15 is 0 Å². The van der Waals surface area contributed by atoms with Gasteiger partial charge in [0.05, 0.1) is 0 Å². The number of aliphatic imine (C=N–C) groups is 1. The first-order chi connectivity index (χ1) is 13.1. The molecule has 3 rings (SSSR count). The molecule has 1 atom stereocenters. The fourth-order valence-electron chi connectivity index (χ4n) is 3.11. The molecule has 1 aliphatic rings. The van der Waals surface area contributed by atoms with Gasteiger partial charge in [-0.2, -0.15) is 0 Å². The lowest BCUT2D eigenvalue weighted by Gasteiger charge is -2.20. The second-order valence-electron chi connectivity index (χ2n) is 6.37. The maximum Gasteiger partial charge on any atom is 0.191 e. The van der Waals surface area contributed by atoms with Crippen LogP contribution in [-0.4, -0.2) is 43.7 Å². The van der Waals surface area contributed by atoms with Gasteiger partial charge in [-0.05, 0) is 42.7 Å². The highest BCUT2D eigenvalue weighted by Crippen LogP contribution is 2.21. The summed E-state index contributed by atoms with van der Waals surface area (Å²) in [4.78, 5) is 10.3. The van der Waals surface area contributed by atoms with Crippen LogP contribution in [0.3, 0.4) is 0 Å². The highest BCUT2D eigenvalue weighted by atomic mass is 127. The SMILES string of the molecule is CN=C(NCCc1ccc(F)cc1Cl)NC1CCN(c2ncccc2F)C1.I. The molecule has 0 radical (unpaired) electrons. The van der Waals surface area contributed by atoms with E-state index in [2.05, 4.69) is 20.6 Å². The first-order valence-electron chi connectivity index (χ1n) is 8.83. The van der Waals surface area contributed by atoms with E-state index in [1.807, 2.05) is 4.90 Å². The molecule has 0 aliphatic carbocycles. The third kappa shape index (κ3) is 5.91. The van der Waals surface area contributed by atoms with Gasteiger partial charge >= 0.3 is 0 Å². The van der Waals surface area contributed by atoms with Crippen molar-refractivity contribution in [3.05, 3.63) is 58.7 Å². The first-order valence-corrected chi connectivity index (χ1v) is 9.21. The minimum absolute atomic E-state index is 0. The van der Waals surface area contributed by atoms with Crippen LogP contribution >= 0.6 is 35.6 Å². The molecule has 0 spiro atoms. The van der Waals surface area contributed by atoms with E-state index in [1.54, 1.807) is 25.4 Å². The first kappa shape index (κ1) is 22.6. The molecule has 1 unspecified atom stereocenters. The fourth-order valence-corrected chi connectivity index (χ4v) is 3.37. The molecule has 0 bridgehead atoms. The number of nitrogens with one attached hydrogen (secondary N) is 2. The lowest BCUT2D eigenvalue weighted by molar-refractivity contribution is 0.612. The van der Waals surface area contributed by atoms with E-state index < -0.39 is 0 Å². The minimum atomic E-state index is -0.343. The lowest BCUT2D eigenvalue weighted by atomic mass is 10.1. The smallest absolute Gasteiger partial charge is 0.191 e. The van der Waals surface area contributed by atoms with Crippen LogP contribution < -0.4 is 15.5 Å². The molecule has 2 heterocycles. The molecular weight excluding hydrogens is 499 g/mol. The highest BCUT2D eigenvalue weighted by Gasteiger charge is 2.25. The summed E-state index contributed by atoms with van der Waals surface area (Å²) < 4.78 is 27.0. The molecule has 0 saturated carbocycles. The average Bonchev–Trinajstić information content (AvgIpc) is 3.11. The van der Waals surface area contributed by atoms with Crippen molar-refractivity contribution in [2.75, 3.05) is 31.6 Å². The largest absolute Gasteiger partial charge is 0.356 e. The Kier molecular flexibility index (Phi) is 8.68. The number of guanidine groups is 1. The van der Waals surface area contributed by atoms with Crippen molar-refractivity contribution < 1.29 is 8.78 Å². The third-order valence-corrected chi connectivity index (χ3v) is 4.85. The molecule has 1 aromatic carbocycles. The predicted molar refractivity (Wildman–Crippen MR) is 120 cm³/mol. The number of benzene rings is 1. The van der Waals surface area contributed by atoms with Crippen LogP contribution in [0.4, 0.5) is 14.6 Å². The molecule has 0 amide bonds. The number of nitrogens with zero attached hydrogens (tertiary/aromatic N) is 3. The molecule has 5 nitrogen and oxygen atoms in total. The summed E-state index contributed by atoms with van der Waals surface area (Å²) in [6, 6.07) is 7.55. The molecule has 9 heteroatoms. The second-order valence-corrected chi connectivity index (χ2v) is 6.78. The van der Waals surface area contributed by atoms with E-state index in [0.717, 1.165) is 18.5 Å². The topological polar surface area (TPSA) is 52.6 Å². The van der Waals surface area contributed by atoms with Crippen LogP contribution in [0.2, 0.25) is 5.02 Å². The van der Waals surface area contributed by atoms with Crippen molar-refractivity contribution in [2.45, 2.75) is 18.9 Å². The van der Waals surface area contributed by atoms with Crippen molar-refractivity contribution in [2.24, 2.45) is 4.99 Å². The number of aromatic nitrogens is 1. The lowest BCUT2D eigenvalue weighted by Crippen LogP contribution is -2.45. The summed E-state index contributed by atoms with van der Waals surface area (Å²) in [5.41, 5.74) is 0.874. The summed E-state index contributed by atoms with van der Waals surface area (Å²) >= 11 is 6.05. The van der Waals surface area contributed by atoms with Crippen molar-refractivity contribution in [1.29, 1.82) is 0 Å². The van der Waals surface area contributed by atoms with Crippen molar-refractivity contribution >= 4 is 47.4 Å². The molecule has 1 aliphatic heterocycles. The van der Waals surface area contributed by atoms with Gasteiger partial charge in [0.2, 0.25) is 0 Å². The van der Waals surface area contributed by atoms with Crippen LogP contribution in [-0.2, 0) is 6.42 Å². The molecule has 1 saturated heterocycles. The number of rotatable bonds is 5. The molecule has 152 valence electrons. The van der Waals surface area contributed by atoms with Crippen LogP contribution in [0.15, 0.2) is 41.5 Å². The number of hydrogen-bond donors (Lipinski definition) is 2. The number of halogens is 4. The minimum Gasteiger partial charge on any atom is -0.356 e. The summed E-state index contributed by atoms with van der Waals surface area (Å²) in [6.07, 6.45) is 3.11. The Bertz CT molecular complexity index is 821. The zero-order chi connectivity index (χ0) is 19.2. The van der Waals surface area contributed by atoms with Gasteiger partial charge < -0.3 is 15.5 Å². The molecule has 2 N–H and O–H groups in total. The monoisotopic (exact) mass is 521 g/mol. The van der Waals surface area contributed by atoms with Gasteiger partial charge in [0.25, 0.3) is 0 Å². The van der Waals surface area contributed by atoms with Crippen LogP contribution in [0.1, 0.15) is 12.0 Å². The van der Waals surface area contributed by atoms with Gasteiger partial charge in [-0.3, -0.25) is 4.99 Å². The Balaban J connectivity index is 0.00000280. The van der Waals surface area contributed by atoms with Crippen molar-refractivity contribution in [1.82, 2.24) is 15.6 Å². The van der Waals surface area contributed by atoms with Gasteiger partial charge in [-0.25, -0.2) is 13.8 Å². The van der Waals surface area contributed by atoms with Gasteiger partial charge in [-0.15, -0.1) is 24.0 Å². The zero-order valence-corrected chi connectivity index (χ0v) is 18.5. The third-order valence-electron chi connectivity index (χ3n) is 4.49. The Labute approximate surface area is 185 Å². The van der Waals surface area contributed by atoms with Gasteiger partial charge in [-0.1, -0.05) is 17.7 Å². The number of pyridine rings is 1. The highest BCUT2D eigenvalue weighted by molar-refractivity contribution is 14.0. The fraction of sp³-hybridized carbons (Fsp3) is 0.368. The Morgan fingerprint density at radius 3 is 2.89 bits per heavy atom. The standard InChI is InChI=1S/C19H22ClF2N5.HI/c1-23-19(25-9-6-13-4-5-14(21)11-16(13)20)26-15-7-10-27(12-15)18-17(22)3-2-8-24-18;/h2-5,8,11,15H,6-7,9-10,12H2,1H3,(H2,23,25,26);1H. The summed E-state index contributed by atoms with van der Waals surface area (Å²) in [5, 5.41) is 7.00. The van der Waals surface area contributed by atoms with E-state index in [1.165, 1.54) is 18.2 Å². The average molecular weight is 522 g/mol. The molecule has 1 fully saturated rings. The predicted octanol–water partition coefficient (Wildman–Crippen LogP) is 3.62. The summed E-state index contributed by atoms with van der Waals surface area (Å²) in [5.74, 6) is 0.401. The van der Waals surface area contributed by atoms with Crippen LogP contribution in [0.5, 0.6) is 0 Å². The van der Waals surface area contributed by atoms with Crippen molar-refractivity contribution in [3.8, 4) is 0 Å². The van der Waals surface area contributed by atoms with Crippen LogP contribution in [0.25, 0.3) is 0 Å². The molecule has 2 aromatic rings. The van der Waals surface area contributed by atoms with E-state index in [0.29, 0.717) is 36.3 Å². The quantitative estimate of drug-likeness (QED) is 0.359. The number of hydrogen-bond acceptors (Lipinski definition) is 3. The Morgan fingerprint density at radius 1 is 1.36 bits per heavy atom. The second kappa shape index (κ2) is 10.8. The maximum absolute atomic E-state index is 13.9. The van der Waals surface area contributed by atoms with Crippen molar-refractivity contribution in [3.63, 3.8) is 0 Å². The summed E-state index contributed by atoms with van der Waals surface area (Å²) in [6.45, 7) is 1.99. The van der Waals surface area contributed by atoms with Gasteiger partial charge in [0.15, 0.2) is 17.6 Å². The van der Waals surface area contributed by atoms with E-state index in [4.69, 9.17) is 11.6 Å². The molecule has 28 heavy (non-hydrogen) atoms. The number of anilines is 1. The van der Waals surface area contributed by atoms with Crippen LogP contribution in [0, 0.1) is 11.6 Å². The van der Waals surface area contributed by atoms with Gasteiger partial charge in [0, 0.05) is 43.9 Å². The zero-order valence-electron chi connectivity index (χ0n) is 15.5. The van der Waals surface area contributed by atoms with E-state index in [-0.39, 0.29) is 41.7 Å². The Morgan fingerprint density at radius 2 is 2.18 bits per heavy atom. The summed E-state index contributed by atoms with van der Waals surface area (Å²) in [7, 11) is 1.70. The normalized spacial score (nSPS) is 16.6. The maximum atomic E-state index is 13.9. The Hall–Kier alpha value is -1.68. The molecular formula is C19H23ClF2IN5. The van der Waals surface area contributed by atoms with E-state index in [9.17, 15) is 8.78 Å². The van der Waals surface area contributed by atoms with Gasteiger partial charge in [0.1, 0.15) is 5.82 Å². The molecule has 1 aromatic heterocycles.